The summed E-state index contributed by atoms with van der Waals surface area (Å²) >= 11 is 0. The first-order valence-electron chi connectivity index (χ1n) is 14.3. The van der Waals surface area contributed by atoms with Crippen LogP contribution in [0.1, 0.15) is 78.0 Å². The first kappa shape index (κ1) is 24.4. The van der Waals surface area contributed by atoms with Crippen LogP contribution in [0.4, 0.5) is 0 Å². The molecular weight excluding hydrogens is 474 g/mol. The minimum absolute atomic E-state index is 0.0195. The predicted octanol–water partition coefficient (Wildman–Crippen LogP) is 10.6. The maximum atomic E-state index is 6.53. The van der Waals surface area contributed by atoms with Gasteiger partial charge in [0.05, 0.1) is 5.69 Å². The molecule has 7 rings (SSSR count). The number of pyridine rings is 1. The Hall–Kier alpha value is -3.65. The number of hydrogen-bond acceptors (Lipinski definition) is 2. The van der Waals surface area contributed by atoms with E-state index in [2.05, 4.69) is 115 Å². The van der Waals surface area contributed by atoms with Crippen LogP contribution in [0.5, 0.6) is 0 Å². The van der Waals surface area contributed by atoms with Gasteiger partial charge in [-0.25, -0.2) is 0 Å². The van der Waals surface area contributed by atoms with Gasteiger partial charge in [0, 0.05) is 27.9 Å². The monoisotopic (exact) mass is 511 g/mol. The Morgan fingerprint density at radius 3 is 2.23 bits per heavy atom. The van der Waals surface area contributed by atoms with Crippen molar-refractivity contribution in [1.29, 1.82) is 0 Å². The molecule has 6 aromatic rings. The second-order valence-corrected chi connectivity index (χ2v) is 13.9. The van der Waals surface area contributed by atoms with E-state index in [1.807, 2.05) is 6.20 Å². The summed E-state index contributed by atoms with van der Waals surface area (Å²) in [6, 6.07) is 24.4. The molecular formula is C37H37NO. The Kier molecular flexibility index (Phi) is 4.97. The van der Waals surface area contributed by atoms with Gasteiger partial charge in [0.1, 0.15) is 11.2 Å². The van der Waals surface area contributed by atoms with Crippen LogP contribution in [-0.4, -0.2) is 4.98 Å². The molecule has 0 aliphatic heterocycles. The van der Waals surface area contributed by atoms with Crippen LogP contribution < -0.4 is 0 Å². The van der Waals surface area contributed by atoms with Gasteiger partial charge in [-0.2, -0.15) is 0 Å². The van der Waals surface area contributed by atoms with E-state index < -0.39 is 0 Å². The fraction of sp³-hybridized carbons (Fsp3) is 0.324. The van der Waals surface area contributed by atoms with Crippen molar-refractivity contribution in [2.45, 2.75) is 77.6 Å². The molecule has 2 nitrogen and oxygen atoms in total. The van der Waals surface area contributed by atoms with Gasteiger partial charge in [-0.15, -0.1) is 0 Å². The Labute approximate surface area is 231 Å². The van der Waals surface area contributed by atoms with Crippen LogP contribution in [0.15, 0.2) is 77.3 Å². The fourth-order valence-electron chi connectivity index (χ4n) is 7.06. The van der Waals surface area contributed by atoms with E-state index in [0.717, 1.165) is 16.9 Å². The van der Waals surface area contributed by atoms with Crippen molar-refractivity contribution in [3.63, 3.8) is 0 Å². The molecule has 1 aliphatic carbocycles. The average Bonchev–Trinajstić information content (AvgIpc) is 3.28. The molecule has 0 fully saturated rings. The molecule has 0 N–H and O–H groups in total. The van der Waals surface area contributed by atoms with E-state index >= 15 is 0 Å². The number of nitrogens with zero attached hydrogens (tertiary/aromatic N) is 1. The number of hydrogen-bond donors (Lipinski definition) is 0. The SMILES string of the molecule is CC(C)(C)c1cc(-c2nccc3c2ccc2oc4ccc5c(c4c23)C(C)(C)CCC5(C)C)cc2ccccc12. The summed E-state index contributed by atoms with van der Waals surface area (Å²) in [6.45, 7) is 16.5. The zero-order valence-corrected chi connectivity index (χ0v) is 24.2. The zero-order chi connectivity index (χ0) is 27.3. The molecule has 0 amide bonds. The van der Waals surface area contributed by atoms with Crippen molar-refractivity contribution in [2.75, 3.05) is 0 Å². The third kappa shape index (κ3) is 3.57. The van der Waals surface area contributed by atoms with Crippen molar-refractivity contribution >= 4 is 43.5 Å². The maximum absolute atomic E-state index is 6.53. The van der Waals surface area contributed by atoms with Crippen molar-refractivity contribution in [3.8, 4) is 11.3 Å². The topological polar surface area (TPSA) is 26.0 Å². The summed E-state index contributed by atoms with van der Waals surface area (Å²) in [5.41, 5.74) is 8.66. The molecule has 39 heavy (non-hydrogen) atoms. The summed E-state index contributed by atoms with van der Waals surface area (Å²) in [7, 11) is 0. The van der Waals surface area contributed by atoms with Gasteiger partial charge in [0.2, 0.25) is 0 Å². The highest BCUT2D eigenvalue weighted by Crippen LogP contribution is 2.51. The third-order valence-electron chi connectivity index (χ3n) is 9.27. The molecule has 0 radical (unpaired) electrons. The first-order chi connectivity index (χ1) is 18.5. The molecule has 0 atom stereocenters. The minimum Gasteiger partial charge on any atom is -0.456 e. The van der Waals surface area contributed by atoms with Crippen LogP contribution in [-0.2, 0) is 16.2 Å². The van der Waals surface area contributed by atoms with Crippen LogP contribution in [0.2, 0.25) is 0 Å². The van der Waals surface area contributed by atoms with Crippen molar-refractivity contribution < 1.29 is 4.42 Å². The second kappa shape index (κ2) is 7.94. The largest absolute Gasteiger partial charge is 0.456 e. The lowest BCUT2D eigenvalue weighted by molar-refractivity contribution is 0.334. The summed E-state index contributed by atoms with van der Waals surface area (Å²) in [6.07, 6.45) is 4.34. The molecule has 1 aliphatic rings. The van der Waals surface area contributed by atoms with Gasteiger partial charge in [0.25, 0.3) is 0 Å². The molecule has 0 saturated heterocycles. The lowest BCUT2D eigenvalue weighted by Crippen LogP contribution is -2.33. The van der Waals surface area contributed by atoms with Crippen LogP contribution in [0, 0.1) is 0 Å². The van der Waals surface area contributed by atoms with Crippen LogP contribution >= 0.6 is 0 Å². The van der Waals surface area contributed by atoms with Gasteiger partial charge >= 0.3 is 0 Å². The summed E-state index contributed by atoms with van der Waals surface area (Å²) in [5.74, 6) is 0. The molecule has 2 heterocycles. The third-order valence-corrected chi connectivity index (χ3v) is 9.27. The maximum Gasteiger partial charge on any atom is 0.136 e. The average molecular weight is 512 g/mol. The Balaban J connectivity index is 1.58. The standard InChI is InChI=1S/C37H37NO/c1-35(2,3)28-21-23(20-22-10-8-9-11-24(22)28)34-26-12-14-29-31(25(26)16-19-38-34)32-30(39-29)15-13-27-33(32)37(6,7)18-17-36(27,4)5/h8-16,19-21H,17-18H2,1-7H3. The first-order valence-corrected chi connectivity index (χ1v) is 14.3. The van der Waals surface area contributed by atoms with Crippen molar-refractivity contribution in [3.05, 3.63) is 89.6 Å². The summed E-state index contributed by atoms with van der Waals surface area (Å²) in [5, 5.41) is 7.48. The van der Waals surface area contributed by atoms with E-state index in [9.17, 15) is 0 Å². The Bertz CT molecular complexity index is 1940. The minimum atomic E-state index is 0.0195. The normalized spacial score (nSPS) is 16.8. The Morgan fingerprint density at radius 1 is 0.718 bits per heavy atom. The summed E-state index contributed by atoms with van der Waals surface area (Å²) in [4.78, 5) is 4.99. The van der Waals surface area contributed by atoms with Crippen molar-refractivity contribution in [2.24, 2.45) is 0 Å². The van der Waals surface area contributed by atoms with Gasteiger partial charge < -0.3 is 4.42 Å². The predicted molar refractivity (Wildman–Crippen MR) is 166 cm³/mol. The zero-order valence-electron chi connectivity index (χ0n) is 24.2. The molecule has 0 saturated carbocycles. The molecule has 196 valence electrons. The lowest BCUT2D eigenvalue weighted by Gasteiger charge is -2.42. The van der Waals surface area contributed by atoms with Crippen molar-refractivity contribution in [1.82, 2.24) is 4.98 Å². The number of fused-ring (bicyclic) bond motifs is 8. The highest BCUT2D eigenvalue weighted by molar-refractivity contribution is 6.22. The Morgan fingerprint density at radius 2 is 1.44 bits per heavy atom. The van der Waals surface area contributed by atoms with Gasteiger partial charge in [0.15, 0.2) is 0 Å². The molecule has 0 spiro atoms. The van der Waals surface area contributed by atoms with Crippen LogP contribution in [0.3, 0.4) is 0 Å². The van der Waals surface area contributed by atoms with Crippen LogP contribution in [0.25, 0.3) is 54.7 Å². The molecule has 0 unspecified atom stereocenters. The van der Waals surface area contributed by atoms with E-state index in [4.69, 9.17) is 9.40 Å². The quantitative estimate of drug-likeness (QED) is 0.219. The molecule has 2 aromatic heterocycles. The molecule has 4 aromatic carbocycles. The van der Waals surface area contributed by atoms with E-state index in [0.29, 0.717) is 0 Å². The fourth-order valence-corrected chi connectivity index (χ4v) is 7.06. The summed E-state index contributed by atoms with van der Waals surface area (Å²) < 4.78 is 6.53. The van der Waals surface area contributed by atoms with Gasteiger partial charge in [-0.1, -0.05) is 78.8 Å². The van der Waals surface area contributed by atoms with Gasteiger partial charge in [-0.3, -0.25) is 4.98 Å². The lowest BCUT2D eigenvalue weighted by atomic mass is 9.62. The smallest absolute Gasteiger partial charge is 0.136 e. The molecule has 2 heteroatoms. The number of benzene rings is 4. The number of furan rings is 1. The number of rotatable bonds is 1. The highest BCUT2D eigenvalue weighted by atomic mass is 16.3. The number of aromatic nitrogens is 1. The van der Waals surface area contributed by atoms with E-state index in [1.165, 1.54) is 67.4 Å². The highest BCUT2D eigenvalue weighted by Gasteiger charge is 2.39. The van der Waals surface area contributed by atoms with E-state index in [-0.39, 0.29) is 16.2 Å². The second-order valence-electron chi connectivity index (χ2n) is 13.9. The van der Waals surface area contributed by atoms with E-state index in [1.54, 1.807) is 0 Å². The van der Waals surface area contributed by atoms with Gasteiger partial charge in [-0.05, 0) is 98.3 Å². The molecule has 0 bridgehead atoms.